The van der Waals surface area contributed by atoms with Crippen molar-refractivity contribution in [1.82, 2.24) is 5.32 Å². The third-order valence-electron chi connectivity index (χ3n) is 4.14. The zero-order chi connectivity index (χ0) is 12.4. The van der Waals surface area contributed by atoms with Crippen LogP contribution in [0.3, 0.4) is 0 Å². The van der Waals surface area contributed by atoms with Crippen LogP contribution < -0.4 is 5.32 Å². The second kappa shape index (κ2) is 4.88. The van der Waals surface area contributed by atoms with Crippen molar-refractivity contribution in [1.29, 1.82) is 0 Å². The summed E-state index contributed by atoms with van der Waals surface area (Å²) in [6, 6.07) is 4.31. The van der Waals surface area contributed by atoms with Crippen LogP contribution in [0.4, 0.5) is 0 Å². The lowest BCUT2D eigenvalue weighted by atomic mass is 9.93. The van der Waals surface area contributed by atoms with Gasteiger partial charge in [-0.25, -0.2) is 0 Å². The molecule has 2 aliphatic rings. The number of rotatable bonds is 4. The number of carbonyl (C=O) groups is 1. The van der Waals surface area contributed by atoms with E-state index in [4.69, 9.17) is 0 Å². The highest BCUT2D eigenvalue weighted by molar-refractivity contribution is 7.10. The molecule has 1 fully saturated rings. The van der Waals surface area contributed by atoms with Crippen LogP contribution in [0.15, 0.2) is 29.7 Å². The number of nitrogens with one attached hydrogen (secondary N) is 1. The topological polar surface area (TPSA) is 29.1 Å². The Hall–Kier alpha value is -1.09. The van der Waals surface area contributed by atoms with E-state index in [-0.39, 0.29) is 17.2 Å². The Morgan fingerprint density at radius 1 is 1.44 bits per heavy atom. The smallest absolute Gasteiger partial charge is 0.223 e. The van der Waals surface area contributed by atoms with E-state index in [9.17, 15) is 4.79 Å². The summed E-state index contributed by atoms with van der Waals surface area (Å²) in [4.78, 5) is 13.5. The fraction of sp³-hybridized carbons (Fsp3) is 0.533. The van der Waals surface area contributed by atoms with Crippen molar-refractivity contribution in [2.75, 3.05) is 6.54 Å². The van der Waals surface area contributed by atoms with Crippen molar-refractivity contribution < 1.29 is 4.79 Å². The Kier molecular flexibility index (Phi) is 3.25. The average Bonchev–Trinajstić information content (AvgIpc) is 3.00. The molecular weight excluding hydrogens is 242 g/mol. The standard InChI is InChI=1S/C15H19NOS/c17-14(12-5-2-1-3-6-12)16-11-15(8-9-15)13-7-4-10-18-13/h1-2,4,7,10,12H,3,5-6,8-9,11H2,(H,16,17)/t12-/m1/s1. The summed E-state index contributed by atoms with van der Waals surface area (Å²) in [6.07, 6.45) is 9.73. The van der Waals surface area contributed by atoms with Gasteiger partial charge in [-0.1, -0.05) is 18.2 Å². The van der Waals surface area contributed by atoms with E-state index in [1.165, 1.54) is 17.7 Å². The Labute approximate surface area is 112 Å². The van der Waals surface area contributed by atoms with Crippen LogP contribution in [0, 0.1) is 5.92 Å². The summed E-state index contributed by atoms with van der Waals surface area (Å²) in [5.41, 5.74) is 0.272. The first-order valence-corrected chi connectivity index (χ1v) is 7.65. The van der Waals surface area contributed by atoms with Crippen molar-refractivity contribution in [3.8, 4) is 0 Å². The molecule has 3 heteroatoms. The van der Waals surface area contributed by atoms with E-state index in [2.05, 4.69) is 35.0 Å². The van der Waals surface area contributed by atoms with Gasteiger partial charge in [0.25, 0.3) is 0 Å². The van der Waals surface area contributed by atoms with E-state index in [0.29, 0.717) is 0 Å². The predicted octanol–water partition coefficient (Wildman–Crippen LogP) is 3.25. The van der Waals surface area contributed by atoms with Crippen molar-refractivity contribution in [2.45, 2.75) is 37.5 Å². The number of carbonyl (C=O) groups excluding carboxylic acids is 1. The lowest BCUT2D eigenvalue weighted by molar-refractivity contribution is -0.125. The maximum Gasteiger partial charge on any atom is 0.223 e. The van der Waals surface area contributed by atoms with E-state index >= 15 is 0 Å². The maximum atomic E-state index is 12.1. The molecule has 1 aromatic heterocycles. The molecule has 18 heavy (non-hydrogen) atoms. The third-order valence-corrected chi connectivity index (χ3v) is 5.25. The SMILES string of the molecule is O=C(NCC1(c2cccs2)CC1)[C@@H]1CC=CCC1. The number of amides is 1. The molecule has 0 aromatic carbocycles. The Morgan fingerprint density at radius 3 is 2.94 bits per heavy atom. The van der Waals surface area contributed by atoms with E-state index in [1.807, 2.05) is 11.3 Å². The van der Waals surface area contributed by atoms with Gasteiger partial charge in [-0.3, -0.25) is 4.79 Å². The lowest BCUT2D eigenvalue weighted by Crippen LogP contribution is -2.36. The van der Waals surface area contributed by atoms with Gasteiger partial charge >= 0.3 is 0 Å². The minimum atomic E-state index is 0.203. The van der Waals surface area contributed by atoms with E-state index in [0.717, 1.165) is 25.8 Å². The summed E-state index contributed by atoms with van der Waals surface area (Å²) >= 11 is 1.82. The fourth-order valence-corrected chi connectivity index (χ4v) is 3.66. The number of allylic oxidation sites excluding steroid dienone is 2. The van der Waals surface area contributed by atoms with Crippen LogP contribution in [0.25, 0.3) is 0 Å². The molecule has 1 heterocycles. The Bertz CT molecular complexity index is 445. The third kappa shape index (κ3) is 2.37. The molecular formula is C15H19NOS. The normalized spacial score (nSPS) is 24.8. The zero-order valence-electron chi connectivity index (χ0n) is 10.5. The fourth-order valence-electron chi connectivity index (χ4n) is 2.67. The molecule has 3 rings (SSSR count). The van der Waals surface area contributed by atoms with Crippen LogP contribution >= 0.6 is 11.3 Å². The molecule has 1 amide bonds. The van der Waals surface area contributed by atoms with Crippen LogP contribution in [0.1, 0.15) is 37.0 Å². The highest BCUT2D eigenvalue weighted by Gasteiger charge is 2.45. The molecule has 2 aliphatic carbocycles. The Morgan fingerprint density at radius 2 is 2.33 bits per heavy atom. The molecule has 1 saturated carbocycles. The quantitative estimate of drug-likeness (QED) is 0.828. The van der Waals surface area contributed by atoms with Crippen molar-refractivity contribution in [2.24, 2.45) is 5.92 Å². The molecule has 0 bridgehead atoms. The monoisotopic (exact) mass is 261 g/mol. The minimum Gasteiger partial charge on any atom is -0.355 e. The predicted molar refractivity (Wildman–Crippen MR) is 74.7 cm³/mol. The van der Waals surface area contributed by atoms with Gasteiger partial charge in [0.05, 0.1) is 0 Å². The van der Waals surface area contributed by atoms with Crippen molar-refractivity contribution >= 4 is 17.2 Å². The summed E-state index contributed by atoms with van der Waals surface area (Å²) < 4.78 is 0. The van der Waals surface area contributed by atoms with Crippen molar-refractivity contribution in [3.63, 3.8) is 0 Å². The molecule has 0 saturated heterocycles. The first kappa shape index (κ1) is 12.0. The van der Waals surface area contributed by atoms with Gasteiger partial charge in [-0.05, 0) is 43.6 Å². The second-order valence-corrected chi connectivity index (χ2v) is 6.40. The second-order valence-electron chi connectivity index (χ2n) is 5.46. The summed E-state index contributed by atoms with van der Waals surface area (Å²) in [6.45, 7) is 0.826. The van der Waals surface area contributed by atoms with Gasteiger partial charge in [0.15, 0.2) is 0 Å². The highest BCUT2D eigenvalue weighted by atomic mass is 32.1. The summed E-state index contributed by atoms with van der Waals surface area (Å²) in [7, 11) is 0. The van der Waals surface area contributed by atoms with Crippen LogP contribution in [0.5, 0.6) is 0 Å². The first-order valence-electron chi connectivity index (χ1n) is 6.77. The molecule has 96 valence electrons. The van der Waals surface area contributed by atoms with Gasteiger partial charge in [0, 0.05) is 22.8 Å². The summed E-state index contributed by atoms with van der Waals surface area (Å²) in [5, 5.41) is 5.31. The van der Waals surface area contributed by atoms with Gasteiger partial charge in [0.2, 0.25) is 5.91 Å². The molecule has 1 aromatic rings. The van der Waals surface area contributed by atoms with E-state index < -0.39 is 0 Å². The van der Waals surface area contributed by atoms with Gasteiger partial charge in [0.1, 0.15) is 0 Å². The maximum absolute atomic E-state index is 12.1. The lowest BCUT2D eigenvalue weighted by Gasteiger charge is -2.20. The van der Waals surface area contributed by atoms with Crippen molar-refractivity contribution in [3.05, 3.63) is 34.5 Å². The average molecular weight is 261 g/mol. The zero-order valence-corrected chi connectivity index (χ0v) is 11.3. The molecule has 0 radical (unpaired) electrons. The minimum absolute atomic E-state index is 0.203. The van der Waals surface area contributed by atoms with Crippen LogP contribution in [-0.4, -0.2) is 12.5 Å². The number of hydrogen-bond donors (Lipinski definition) is 1. The molecule has 1 N–H and O–H groups in total. The first-order chi connectivity index (χ1) is 8.80. The molecule has 0 aliphatic heterocycles. The molecule has 0 unspecified atom stereocenters. The molecule has 1 atom stereocenters. The number of hydrogen-bond acceptors (Lipinski definition) is 2. The van der Waals surface area contributed by atoms with E-state index in [1.54, 1.807) is 0 Å². The largest absolute Gasteiger partial charge is 0.355 e. The van der Waals surface area contributed by atoms with Gasteiger partial charge in [-0.15, -0.1) is 11.3 Å². The van der Waals surface area contributed by atoms with Crippen LogP contribution in [0.2, 0.25) is 0 Å². The highest BCUT2D eigenvalue weighted by Crippen LogP contribution is 2.49. The molecule has 2 nitrogen and oxygen atoms in total. The Balaban J connectivity index is 1.55. The van der Waals surface area contributed by atoms with Crippen LogP contribution in [-0.2, 0) is 10.2 Å². The van der Waals surface area contributed by atoms with Gasteiger partial charge < -0.3 is 5.32 Å². The molecule has 0 spiro atoms. The summed E-state index contributed by atoms with van der Waals surface area (Å²) in [5.74, 6) is 0.455. The van der Waals surface area contributed by atoms with Gasteiger partial charge in [-0.2, -0.15) is 0 Å². The number of thiophene rings is 1.